The molecule has 0 bridgehead atoms. The molecule has 0 aliphatic carbocycles. The SMILES string of the molecule is CCCC(C)(N)C(=O)NCc1ccc(OCc2ccccc2)cc1.Cl. The van der Waals surface area contributed by atoms with E-state index in [-0.39, 0.29) is 18.3 Å². The highest BCUT2D eigenvalue weighted by Gasteiger charge is 2.26. The predicted octanol–water partition coefficient (Wildman–Crippen LogP) is 3.82. The molecule has 2 aromatic rings. The van der Waals surface area contributed by atoms with Crippen LogP contribution in [0, 0.1) is 0 Å². The lowest BCUT2D eigenvalue weighted by Crippen LogP contribution is -2.51. The second-order valence-corrected chi connectivity index (χ2v) is 6.27. The summed E-state index contributed by atoms with van der Waals surface area (Å²) in [5, 5.41) is 2.90. The minimum absolute atomic E-state index is 0. The molecule has 0 saturated carbocycles. The van der Waals surface area contributed by atoms with Crippen molar-refractivity contribution in [3.05, 3.63) is 65.7 Å². The Balaban J connectivity index is 0.00000312. The molecule has 0 spiro atoms. The van der Waals surface area contributed by atoms with Crippen molar-refractivity contribution in [1.82, 2.24) is 5.32 Å². The fraction of sp³-hybridized carbons (Fsp3) is 0.350. The molecule has 0 fully saturated rings. The molecule has 3 N–H and O–H groups in total. The summed E-state index contributed by atoms with van der Waals surface area (Å²) in [6.07, 6.45) is 1.55. The molecule has 136 valence electrons. The van der Waals surface area contributed by atoms with E-state index in [0.29, 0.717) is 19.6 Å². The third kappa shape index (κ3) is 6.77. The van der Waals surface area contributed by atoms with Gasteiger partial charge in [0.2, 0.25) is 5.91 Å². The van der Waals surface area contributed by atoms with Gasteiger partial charge < -0.3 is 15.8 Å². The fourth-order valence-corrected chi connectivity index (χ4v) is 2.46. The molecule has 0 heterocycles. The standard InChI is InChI=1S/C20H26N2O2.ClH/c1-3-13-20(2,21)19(23)22-14-16-9-11-18(12-10-16)24-15-17-7-5-4-6-8-17;/h4-12H,3,13-15,21H2,1-2H3,(H,22,23);1H. The third-order valence-electron chi connectivity index (χ3n) is 3.91. The number of carbonyl (C=O) groups excluding carboxylic acids is 1. The van der Waals surface area contributed by atoms with Gasteiger partial charge in [0.1, 0.15) is 12.4 Å². The van der Waals surface area contributed by atoms with Crippen molar-refractivity contribution in [3.8, 4) is 5.75 Å². The lowest BCUT2D eigenvalue weighted by atomic mass is 9.96. The highest BCUT2D eigenvalue weighted by atomic mass is 35.5. The maximum Gasteiger partial charge on any atom is 0.240 e. The minimum atomic E-state index is -0.812. The van der Waals surface area contributed by atoms with E-state index < -0.39 is 5.54 Å². The van der Waals surface area contributed by atoms with Gasteiger partial charge in [-0.2, -0.15) is 0 Å². The van der Waals surface area contributed by atoms with Gasteiger partial charge >= 0.3 is 0 Å². The first-order valence-electron chi connectivity index (χ1n) is 8.34. The van der Waals surface area contributed by atoms with Crippen LogP contribution in [0.25, 0.3) is 0 Å². The molecule has 0 aromatic heterocycles. The number of benzene rings is 2. The van der Waals surface area contributed by atoms with Crippen molar-refractivity contribution < 1.29 is 9.53 Å². The molecule has 25 heavy (non-hydrogen) atoms. The zero-order chi connectivity index (χ0) is 17.4. The van der Waals surface area contributed by atoms with E-state index in [1.165, 1.54) is 0 Å². The van der Waals surface area contributed by atoms with Crippen LogP contribution in [-0.4, -0.2) is 11.4 Å². The van der Waals surface area contributed by atoms with E-state index >= 15 is 0 Å². The van der Waals surface area contributed by atoms with Crippen molar-refractivity contribution in [2.45, 2.75) is 45.4 Å². The first kappa shape index (κ1) is 21.0. The van der Waals surface area contributed by atoms with Crippen LogP contribution in [0.15, 0.2) is 54.6 Å². The van der Waals surface area contributed by atoms with Gasteiger partial charge in [-0.1, -0.05) is 55.8 Å². The number of ether oxygens (including phenoxy) is 1. The van der Waals surface area contributed by atoms with Crippen molar-refractivity contribution in [3.63, 3.8) is 0 Å². The summed E-state index contributed by atoms with van der Waals surface area (Å²) < 4.78 is 5.75. The maximum atomic E-state index is 12.1. The quantitative estimate of drug-likeness (QED) is 0.750. The molecule has 4 nitrogen and oxygen atoms in total. The normalized spacial score (nSPS) is 12.6. The Bertz CT molecular complexity index is 643. The molecule has 5 heteroatoms. The summed E-state index contributed by atoms with van der Waals surface area (Å²) in [5.74, 6) is 0.692. The Morgan fingerprint density at radius 1 is 1.08 bits per heavy atom. The molecule has 0 radical (unpaired) electrons. The van der Waals surface area contributed by atoms with Gasteiger partial charge in [0.05, 0.1) is 5.54 Å². The number of nitrogens with two attached hydrogens (primary N) is 1. The Hall–Kier alpha value is -2.04. The summed E-state index contributed by atoms with van der Waals surface area (Å²) in [4.78, 5) is 12.1. The van der Waals surface area contributed by atoms with E-state index in [0.717, 1.165) is 23.3 Å². The van der Waals surface area contributed by atoms with Crippen LogP contribution < -0.4 is 15.8 Å². The summed E-state index contributed by atoms with van der Waals surface area (Å²) in [6.45, 7) is 4.80. The minimum Gasteiger partial charge on any atom is -0.489 e. The monoisotopic (exact) mass is 362 g/mol. The first-order chi connectivity index (χ1) is 11.5. The first-order valence-corrected chi connectivity index (χ1v) is 8.34. The summed E-state index contributed by atoms with van der Waals surface area (Å²) in [7, 11) is 0. The van der Waals surface area contributed by atoms with Crippen LogP contribution in [0.3, 0.4) is 0 Å². The van der Waals surface area contributed by atoms with Crippen LogP contribution >= 0.6 is 12.4 Å². The lowest BCUT2D eigenvalue weighted by molar-refractivity contribution is -0.126. The molecule has 1 atom stereocenters. The van der Waals surface area contributed by atoms with Gasteiger partial charge in [-0.05, 0) is 36.6 Å². The van der Waals surface area contributed by atoms with Crippen LogP contribution in [0.5, 0.6) is 5.75 Å². The highest BCUT2D eigenvalue weighted by molar-refractivity contribution is 5.85. The van der Waals surface area contributed by atoms with Gasteiger partial charge in [0.25, 0.3) is 0 Å². The topological polar surface area (TPSA) is 64.4 Å². The highest BCUT2D eigenvalue weighted by Crippen LogP contribution is 2.15. The molecule has 0 aliphatic heterocycles. The second-order valence-electron chi connectivity index (χ2n) is 6.27. The number of rotatable bonds is 8. The Morgan fingerprint density at radius 3 is 2.32 bits per heavy atom. The van der Waals surface area contributed by atoms with Crippen molar-refractivity contribution in [2.75, 3.05) is 0 Å². The van der Waals surface area contributed by atoms with Gasteiger partial charge in [-0.3, -0.25) is 4.79 Å². The van der Waals surface area contributed by atoms with E-state index in [4.69, 9.17) is 10.5 Å². The number of nitrogens with one attached hydrogen (secondary N) is 1. The van der Waals surface area contributed by atoms with Crippen molar-refractivity contribution in [2.24, 2.45) is 5.73 Å². The average Bonchev–Trinajstić information content (AvgIpc) is 2.59. The molecule has 1 amide bonds. The second kappa shape index (κ2) is 10.1. The average molecular weight is 363 g/mol. The fourth-order valence-electron chi connectivity index (χ4n) is 2.46. The molecule has 1 unspecified atom stereocenters. The van der Waals surface area contributed by atoms with E-state index in [1.54, 1.807) is 6.92 Å². The molecule has 2 aromatic carbocycles. The van der Waals surface area contributed by atoms with Crippen LogP contribution in [0.4, 0.5) is 0 Å². The maximum absolute atomic E-state index is 12.1. The smallest absolute Gasteiger partial charge is 0.240 e. The molecular formula is C20H27ClN2O2. The Morgan fingerprint density at radius 2 is 1.72 bits per heavy atom. The summed E-state index contributed by atoms with van der Waals surface area (Å²) >= 11 is 0. The number of hydrogen-bond acceptors (Lipinski definition) is 3. The van der Waals surface area contributed by atoms with Crippen LogP contribution in [0.1, 0.15) is 37.8 Å². The van der Waals surface area contributed by atoms with Gasteiger partial charge in [-0.25, -0.2) is 0 Å². The largest absolute Gasteiger partial charge is 0.489 e. The van der Waals surface area contributed by atoms with E-state index in [9.17, 15) is 4.79 Å². The molecule has 0 aliphatic rings. The Labute approximate surface area is 156 Å². The summed E-state index contributed by atoms with van der Waals surface area (Å²) in [5.41, 5.74) is 7.36. The van der Waals surface area contributed by atoms with Gasteiger partial charge in [0.15, 0.2) is 0 Å². The number of carbonyl (C=O) groups is 1. The Kier molecular flexibility index (Phi) is 8.46. The molecular weight excluding hydrogens is 336 g/mol. The van der Waals surface area contributed by atoms with Gasteiger partial charge in [0, 0.05) is 6.54 Å². The van der Waals surface area contributed by atoms with E-state index in [1.807, 2.05) is 61.5 Å². The predicted molar refractivity (Wildman–Crippen MR) is 104 cm³/mol. The number of halogens is 1. The lowest BCUT2D eigenvalue weighted by Gasteiger charge is -2.22. The van der Waals surface area contributed by atoms with Crippen LogP contribution in [-0.2, 0) is 17.9 Å². The van der Waals surface area contributed by atoms with Crippen LogP contribution in [0.2, 0.25) is 0 Å². The van der Waals surface area contributed by atoms with E-state index in [2.05, 4.69) is 5.32 Å². The zero-order valence-corrected chi connectivity index (χ0v) is 15.6. The number of amides is 1. The van der Waals surface area contributed by atoms with Gasteiger partial charge in [-0.15, -0.1) is 12.4 Å². The third-order valence-corrected chi connectivity index (χ3v) is 3.91. The van der Waals surface area contributed by atoms with Crippen molar-refractivity contribution >= 4 is 18.3 Å². The summed E-state index contributed by atoms with van der Waals surface area (Å²) in [6, 6.07) is 17.8. The number of hydrogen-bond donors (Lipinski definition) is 2. The molecule has 2 rings (SSSR count). The molecule has 0 saturated heterocycles. The zero-order valence-electron chi connectivity index (χ0n) is 14.8. The van der Waals surface area contributed by atoms with Crippen molar-refractivity contribution in [1.29, 1.82) is 0 Å².